The molecule has 0 saturated heterocycles. The van der Waals surface area contributed by atoms with E-state index in [-0.39, 0.29) is 23.4 Å². The molecule has 26 heavy (non-hydrogen) atoms. The van der Waals surface area contributed by atoms with Gasteiger partial charge in [0, 0.05) is 12.1 Å². The Labute approximate surface area is 147 Å². The molecule has 2 aromatic rings. The highest BCUT2D eigenvalue weighted by Gasteiger charge is 2.36. The second kappa shape index (κ2) is 7.30. The zero-order valence-electron chi connectivity index (χ0n) is 13.4. The van der Waals surface area contributed by atoms with Crippen molar-refractivity contribution in [3.8, 4) is 5.75 Å². The predicted molar refractivity (Wildman–Crippen MR) is 86.7 cm³/mol. The Hall–Kier alpha value is -3.29. The average Bonchev–Trinajstić information content (AvgIpc) is 2.86. The number of para-hydroxylation sites is 1. The van der Waals surface area contributed by atoms with Crippen LogP contribution in [0.3, 0.4) is 0 Å². The molecule has 8 heteroatoms. The Morgan fingerprint density at radius 1 is 1.00 bits per heavy atom. The number of nitrogens with zero attached hydrogens (tertiary/aromatic N) is 1. The minimum atomic E-state index is -2.98. The number of hydrogen-bond acceptors (Lipinski definition) is 4. The van der Waals surface area contributed by atoms with Gasteiger partial charge in [-0.3, -0.25) is 19.3 Å². The molecule has 1 aliphatic heterocycles. The molecule has 3 rings (SSSR count). The molecule has 0 bridgehead atoms. The van der Waals surface area contributed by atoms with Gasteiger partial charge in [0.25, 0.3) is 11.8 Å². The molecule has 0 saturated carbocycles. The highest BCUT2D eigenvalue weighted by molar-refractivity contribution is 6.22. The summed E-state index contributed by atoms with van der Waals surface area (Å²) in [7, 11) is 0. The van der Waals surface area contributed by atoms with E-state index in [0.29, 0.717) is 5.56 Å². The van der Waals surface area contributed by atoms with E-state index in [9.17, 15) is 23.2 Å². The van der Waals surface area contributed by atoms with Gasteiger partial charge in [-0.05, 0) is 18.2 Å². The summed E-state index contributed by atoms with van der Waals surface area (Å²) in [4.78, 5) is 37.4. The number of amides is 3. The summed E-state index contributed by atoms with van der Waals surface area (Å²) in [6.07, 6.45) is 0. The predicted octanol–water partition coefficient (Wildman–Crippen LogP) is 2.20. The van der Waals surface area contributed by atoms with Crippen LogP contribution in [0.1, 0.15) is 26.3 Å². The van der Waals surface area contributed by atoms with Crippen LogP contribution in [0.5, 0.6) is 5.75 Å². The quantitative estimate of drug-likeness (QED) is 0.802. The van der Waals surface area contributed by atoms with Gasteiger partial charge in [0.15, 0.2) is 0 Å². The lowest BCUT2D eigenvalue weighted by Gasteiger charge is -2.15. The number of carbonyl (C=O) groups excluding carboxylic acids is 3. The lowest BCUT2D eigenvalue weighted by molar-refractivity contribution is -0.121. The van der Waals surface area contributed by atoms with Crippen LogP contribution in [0.15, 0.2) is 48.5 Å². The summed E-state index contributed by atoms with van der Waals surface area (Å²) >= 11 is 0. The van der Waals surface area contributed by atoms with E-state index in [2.05, 4.69) is 10.1 Å². The first kappa shape index (κ1) is 17.5. The second-order valence-electron chi connectivity index (χ2n) is 5.50. The number of hydrogen-bond donors (Lipinski definition) is 1. The molecule has 0 aliphatic carbocycles. The third kappa shape index (κ3) is 3.53. The van der Waals surface area contributed by atoms with Gasteiger partial charge >= 0.3 is 6.61 Å². The van der Waals surface area contributed by atoms with Crippen LogP contribution in [-0.2, 0) is 11.3 Å². The van der Waals surface area contributed by atoms with Crippen molar-refractivity contribution in [2.24, 2.45) is 0 Å². The SMILES string of the molecule is O=C(CN1C(=O)c2ccccc2C1=O)NCc1ccccc1OC(F)F. The maximum atomic E-state index is 12.4. The standard InChI is InChI=1S/C18H14F2N2O4/c19-18(20)26-14-8-4-1-5-11(14)9-21-15(23)10-22-16(24)12-6-2-3-7-13(12)17(22)25/h1-8,18H,9-10H2,(H,21,23). The van der Waals surface area contributed by atoms with E-state index in [1.165, 1.54) is 30.3 Å². The molecule has 0 atom stereocenters. The molecule has 0 unspecified atom stereocenters. The molecule has 0 aromatic heterocycles. The van der Waals surface area contributed by atoms with Gasteiger partial charge in [0.2, 0.25) is 5.91 Å². The Morgan fingerprint density at radius 3 is 2.19 bits per heavy atom. The van der Waals surface area contributed by atoms with Gasteiger partial charge in [-0.25, -0.2) is 0 Å². The number of fused-ring (bicyclic) bond motifs is 1. The first-order valence-corrected chi connectivity index (χ1v) is 7.72. The van der Waals surface area contributed by atoms with Gasteiger partial charge < -0.3 is 10.1 Å². The fourth-order valence-corrected chi connectivity index (χ4v) is 2.64. The molecule has 6 nitrogen and oxygen atoms in total. The van der Waals surface area contributed by atoms with E-state index in [4.69, 9.17) is 0 Å². The highest BCUT2D eigenvalue weighted by Crippen LogP contribution is 2.22. The third-order valence-electron chi connectivity index (χ3n) is 3.84. The Balaban J connectivity index is 1.63. The fourth-order valence-electron chi connectivity index (χ4n) is 2.64. The maximum Gasteiger partial charge on any atom is 0.387 e. The van der Waals surface area contributed by atoms with Crippen LogP contribution in [0.2, 0.25) is 0 Å². The number of benzene rings is 2. The fraction of sp³-hybridized carbons (Fsp3) is 0.167. The highest BCUT2D eigenvalue weighted by atomic mass is 19.3. The van der Waals surface area contributed by atoms with E-state index in [1.54, 1.807) is 18.2 Å². The second-order valence-corrected chi connectivity index (χ2v) is 5.50. The average molecular weight is 360 g/mol. The number of rotatable bonds is 6. The summed E-state index contributed by atoms with van der Waals surface area (Å²) in [5, 5.41) is 2.50. The molecule has 1 N–H and O–H groups in total. The van der Waals surface area contributed by atoms with Crippen molar-refractivity contribution in [2.75, 3.05) is 6.54 Å². The Kier molecular flexibility index (Phi) is 4.92. The maximum absolute atomic E-state index is 12.4. The largest absolute Gasteiger partial charge is 0.434 e. The number of carbonyl (C=O) groups is 3. The first-order valence-electron chi connectivity index (χ1n) is 7.72. The summed E-state index contributed by atoms with van der Waals surface area (Å²) in [5.74, 6) is -1.72. The molecule has 2 aromatic carbocycles. The van der Waals surface area contributed by atoms with Crippen molar-refractivity contribution in [3.63, 3.8) is 0 Å². The van der Waals surface area contributed by atoms with E-state index < -0.39 is 30.9 Å². The zero-order chi connectivity index (χ0) is 18.7. The van der Waals surface area contributed by atoms with Gasteiger partial charge in [-0.2, -0.15) is 8.78 Å². The minimum absolute atomic E-state index is 0.0523. The smallest absolute Gasteiger partial charge is 0.387 e. The van der Waals surface area contributed by atoms with Crippen LogP contribution < -0.4 is 10.1 Å². The number of imide groups is 1. The lowest BCUT2D eigenvalue weighted by atomic mass is 10.1. The number of alkyl halides is 2. The van der Waals surface area contributed by atoms with Crippen LogP contribution in [-0.4, -0.2) is 35.8 Å². The zero-order valence-corrected chi connectivity index (χ0v) is 13.4. The van der Waals surface area contributed by atoms with Crippen LogP contribution in [0.4, 0.5) is 8.78 Å². The number of ether oxygens (including phenoxy) is 1. The molecule has 0 radical (unpaired) electrons. The topological polar surface area (TPSA) is 75.7 Å². The van der Waals surface area contributed by atoms with Gasteiger partial charge in [0.05, 0.1) is 11.1 Å². The molecular weight excluding hydrogens is 346 g/mol. The van der Waals surface area contributed by atoms with Crippen molar-refractivity contribution in [1.82, 2.24) is 10.2 Å². The molecule has 1 aliphatic rings. The molecule has 0 spiro atoms. The van der Waals surface area contributed by atoms with Crippen molar-refractivity contribution in [3.05, 3.63) is 65.2 Å². The Morgan fingerprint density at radius 2 is 1.58 bits per heavy atom. The van der Waals surface area contributed by atoms with Crippen LogP contribution in [0, 0.1) is 0 Å². The number of halogens is 2. The van der Waals surface area contributed by atoms with Crippen molar-refractivity contribution >= 4 is 17.7 Å². The monoisotopic (exact) mass is 360 g/mol. The summed E-state index contributed by atoms with van der Waals surface area (Å²) in [6.45, 7) is -3.51. The van der Waals surface area contributed by atoms with Crippen LogP contribution >= 0.6 is 0 Å². The molecule has 1 heterocycles. The summed E-state index contributed by atoms with van der Waals surface area (Å²) in [6, 6.07) is 12.3. The lowest BCUT2D eigenvalue weighted by Crippen LogP contribution is -2.40. The van der Waals surface area contributed by atoms with Gasteiger partial charge in [-0.15, -0.1) is 0 Å². The molecule has 3 amide bonds. The molecule has 134 valence electrons. The van der Waals surface area contributed by atoms with Crippen molar-refractivity contribution in [1.29, 1.82) is 0 Å². The summed E-state index contributed by atoms with van der Waals surface area (Å²) in [5.41, 5.74) is 0.852. The van der Waals surface area contributed by atoms with Crippen molar-refractivity contribution in [2.45, 2.75) is 13.2 Å². The molecule has 0 fully saturated rings. The Bertz CT molecular complexity index is 835. The van der Waals surface area contributed by atoms with Gasteiger partial charge in [-0.1, -0.05) is 30.3 Å². The van der Waals surface area contributed by atoms with E-state index in [0.717, 1.165) is 4.90 Å². The molecular formula is C18H14F2N2O4. The van der Waals surface area contributed by atoms with Crippen LogP contribution in [0.25, 0.3) is 0 Å². The first-order chi connectivity index (χ1) is 12.5. The third-order valence-corrected chi connectivity index (χ3v) is 3.84. The number of nitrogens with one attached hydrogen (secondary N) is 1. The normalized spacial score (nSPS) is 13.1. The van der Waals surface area contributed by atoms with E-state index >= 15 is 0 Å². The summed E-state index contributed by atoms with van der Waals surface area (Å²) < 4.78 is 29.2. The van der Waals surface area contributed by atoms with E-state index in [1.807, 2.05) is 0 Å². The van der Waals surface area contributed by atoms with Gasteiger partial charge in [0.1, 0.15) is 12.3 Å². The van der Waals surface area contributed by atoms with Crippen molar-refractivity contribution < 1.29 is 27.9 Å². The minimum Gasteiger partial charge on any atom is -0.434 e.